The van der Waals surface area contributed by atoms with E-state index in [2.05, 4.69) is 0 Å². The minimum Gasteiger partial charge on any atom is -0.456 e. The average Bonchev–Trinajstić information content (AvgIpc) is 2.78. The fraction of sp³-hybridized carbons (Fsp3) is 0. The molecule has 0 bridgehead atoms. The second-order valence-electron chi connectivity index (χ2n) is 7.72. The molecule has 1 atom stereocenters. The van der Waals surface area contributed by atoms with E-state index in [9.17, 15) is 0 Å². The first-order chi connectivity index (χ1) is 14.7. The van der Waals surface area contributed by atoms with Crippen molar-refractivity contribution in [3.05, 3.63) is 91.0 Å². The van der Waals surface area contributed by atoms with Crippen LogP contribution in [0.1, 0.15) is 0 Å². The molecule has 0 spiro atoms. The summed E-state index contributed by atoms with van der Waals surface area (Å²) >= 11 is 0. The molecule has 5 aromatic carbocycles. The molecule has 0 saturated carbocycles. The molecule has 7 rings (SSSR count). The maximum atomic E-state index is 15.2. The van der Waals surface area contributed by atoms with Gasteiger partial charge in [0.05, 0.1) is 10.6 Å². The fourth-order valence-electron chi connectivity index (χ4n) is 4.74. The summed E-state index contributed by atoms with van der Waals surface area (Å²) in [4.78, 5) is 0. The maximum Gasteiger partial charge on any atom is 0.186 e. The zero-order chi connectivity index (χ0) is 19.9. The van der Waals surface area contributed by atoms with Crippen LogP contribution in [0.2, 0.25) is 0 Å². The second-order valence-corrected chi connectivity index (χ2v) is 10.3. The lowest BCUT2D eigenvalue weighted by molar-refractivity contribution is 0.462. The van der Waals surface area contributed by atoms with Crippen LogP contribution in [0.4, 0.5) is 0 Å². The second kappa shape index (κ2) is 5.53. The third-order valence-electron chi connectivity index (χ3n) is 6.06. The SMILES string of the molecule is O=P12c3cc4ccccc4cc3Oc3cccc(c31)Oc1ccc3ccccc3c12. The Kier molecular flexibility index (Phi) is 3.00. The monoisotopic (exact) mass is 406 g/mol. The molecule has 2 heterocycles. The molecule has 4 heteroatoms. The van der Waals surface area contributed by atoms with E-state index in [4.69, 9.17) is 9.47 Å². The third kappa shape index (κ3) is 1.93. The van der Waals surface area contributed by atoms with Gasteiger partial charge in [0.1, 0.15) is 28.3 Å². The van der Waals surface area contributed by atoms with Crippen LogP contribution < -0.4 is 25.4 Å². The van der Waals surface area contributed by atoms with Gasteiger partial charge in [-0.25, -0.2) is 0 Å². The van der Waals surface area contributed by atoms with Gasteiger partial charge in [-0.3, -0.25) is 0 Å². The summed E-state index contributed by atoms with van der Waals surface area (Å²) in [5, 5.41) is 6.28. The highest BCUT2D eigenvalue weighted by Crippen LogP contribution is 2.59. The highest BCUT2D eigenvalue weighted by Gasteiger charge is 2.47. The van der Waals surface area contributed by atoms with E-state index in [0.29, 0.717) is 28.3 Å². The molecule has 0 fully saturated rings. The van der Waals surface area contributed by atoms with Crippen LogP contribution >= 0.6 is 7.14 Å². The first-order valence-electron chi connectivity index (χ1n) is 9.88. The zero-order valence-electron chi connectivity index (χ0n) is 15.8. The van der Waals surface area contributed by atoms with E-state index >= 15 is 4.57 Å². The van der Waals surface area contributed by atoms with Gasteiger partial charge in [-0.1, -0.05) is 60.7 Å². The first-order valence-corrected chi connectivity index (χ1v) is 11.6. The number of hydrogen-bond donors (Lipinski definition) is 0. The van der Waals surface area contributed by atoms with Crippen molar-refractivity contribution in [2.24, 2.45) is 0 Å². The van der Waals surface area contributed by atoms with E-state index < -0.39 is 7.14 Å². The van der Waals surface area contributed by atoms with Crippen LogP contribution in [-0.2, 0) is 4.57 Å². The summed E-state index contributed by atoms with van der Waals surface area (Å²) in [7, 11) is -3.21. The van der Waals surface area contributed by atoms with E-state index in [1.54, 1.807) is 0 Å². The fourth-order valence-corrected chi connectivity index (χ4v) is 8.03. The number of fused-ring (bicyclic) bond motifs is 7. The van der Waals surface area contributed by atoms with Crippen molar-refractivity contribution in [3.8, 4) is 23.0 Å². The van der Waals surface area contributed by atoms with Gasteiger partial charge in [0, 0.05) is 0 Å². The standard InChI is InChI=1S/C26H15O3P/c27-30-24-15-18-8-2-1-7-17(18)14-23(24)29-21-11-5-10-20(26(21)30)28-22-13-12-16-6-3-4-9-19(16)25(22)30/h1-15H. The Morgan fingerprint density at radius 1 is 0.533 bits per heavy atom. The van der Waals surface area contributed by atoms with Gasteiger partial charge in [0.15, 0.2) is 7.14 Å². The normalized spacial score (nSPS) is 18.1. The van der Waals surface area contributed by atoms with E-state index in [1.807, 2.05) is 91.0 Å². The van der Waals surface area contributed by atoms with Crippen molar-refractivity contribution < 1.29 is 14.0 Å². The van der Waals surface area contributed by atoms with Gasteiger partial charge in [0.2, 0.25) is 0 Å². The largest absolute Gasteiger partial charge is 0.456 e. The summed E-state index contributed by atoms with van der Waals surface area (Å²) in [6.45, 7) is 0. The molecule has 0 saturated heterocycles. The smallest absolute Gasteiger partial charge is 0.186 e. The molecule has 30 heavy (non-hydrogen) atoms. The molecule has 2 aliphatic rings. The van der Waals surface area contributed by atoms with Crippen LogP contribution in [0, 0.1) is 0 Å². The predicted octanol–water partition coefficient (Wildman–Crippen LogP) is 5.84. The van der Waals surface area contributed by atoms with E-state index in [-0.39, 0.29) is 0 Å². The quantitative estimate of drug-likeness (QED) is 0.297. The molecule has 0 aromatic heterocycles. The van der Waals surface area contributed by atoms with Gasteiger partial charge < -0.3 is 14.0 Å². The number of rotatable bonds is 0. The Balaban J connectivity index is 1.69. The molecule has 2 aliphatic heterocycles. The summed E-state index contributed by atoms with van der Waals surface area (Å²) in [5.74, 6) is 2.53. The molecule has 3 nitrogen and oxygen atoms in total. The highest BCUT2D eigenvalue weighted by atomic mass is 31.2. The topological polar surface area (TPSA) is 35.5 Å². The van der Waals surface area contributed by atoms with Gasteiger partial charge >= 0.3 is 0 Å². The lowest BCUT2D eigenvalue weighted by Gasteiger charge is -2.35. The van der Waals surface area contributed by atoms with Crippen molar-refractivity contribution in [3.63, 3.8) is 0 Å². The zero-order valence-corrected chi connectivity index (χ0v) is 16.7. The van der Waals surface area contributed by atoms with Crippen LogP contribution in [0.25, 0.3) is 21.5 Å². The van der Waals surface area contributed by atoms with E-state index in [0.717, 1.165) is 32.2 Å². The minimum absolute atomic E-state index is 0.609. The number of benzene rings is 5. The highest BCUT2D eigenvalue weighted by molar-refractivity contribution is 7.86. The molecule has 0 radical (unpaired) electrons. The molecule has 0 amide bonds. The Bertz CT molecular complexity index is 1580. The van der Waals surface area contributed by atoms with Gasteiger partial charge in [0.25, 0.3) is 0 Å². The Labute approximate surface area is 172 Å². The Hall–Kier alpha value is -3.55. The van der Waals surface area contributed by atoms with Crippen molar-refractivity contribution in [1.82, 2.24) is 0 Å². The van der Waals surface area contributed by atoms with Crippen molar-refractivity contribution in [1.29, 1.82) is 0 Å². The van der Waals surface area contributed by atoms with E-state index in [1.165, 1.54) is 0 Å². The number of hydrogen-bond acceptors (Lipinski definition) is 3. The first kappa shape index (κ1) is 16.3. The van der Waals surface area contributed by atoms with Crippen molar-refractivity contribution >= 4 is 44.6 Å². The molecule has 142 valence electrons. The van der Waals surface area contributed by atoms with Crippen LogP contribution in [-0.4, -0.2) is 0 Å². The summed E-state index contributed by atoms with van der Waals surface area (Å²) in [5.41, 5.74) is 0. The van der Waals surface area contributed by atoms with Crippen LogP contribution in [0.5, 0.6) is 23.0 Å². The average molecular weight is 406 g/mol. The molecule has 0 N–H and O–H groups in total. The van der Waals surface area contributed by atoms with Crippen LogP contribution in [0.3, 0.4) is 0 Å². The number of ether oxygens (including phenoxy) is 2. The maximum absolute atomic E-state index is 15.2. The Morgan fingerprint density at radius 2 is 1.17 bits per heavy atom. The van der Waals surface area contributed by atoms with Crippen molar-refractivity contribution in [2.45, 2.75) is 0 Å². The summed E-state index contributed by atoms with van der Waals surface area (Å²) < 4.78 is 27.8. The van der Waals surface area contributed by atoms with Gasteiger partial charge in [-0.2, -0.15) is 0 Å². The summed E-state index contributed by atoms with van der Waals surface area (Å²) in [6.07, 6.45) is 0. The molecule has 0 aliphatic carbocycles. The molecular weight excluding hydrogens is 391 g/mol. The lowest BCUT2D eigenvalue weighted by atomic mass is 10.1. The van der Waals surface area contributed by atoms with Crippen LogP contribution in [0.15, 0.2) is 91.0 Å². The van der Waals surface area contributed by atoms with Gasteiger partial charge in [-0.15, -0.1) is 0 Å². The predicted molar refractivity (Wildman–Crippen MR) is 121 cm³/mol. The van der Waals surface area contributed by atoms with Crippen molar-refractivity contribution in [2.75, 3.05) is 0 Å². The summed E-state index contributed by atoms with van der Waals surface area (Å²) in [6, 6.07) is 29.8. The molecule has 1 unspecified atom stereocenters. The van der Waals surface area contributed by atoms with Gasteiger partial charge in [-0.05, 0) is 51.9 Å². The lowest BCUT2D eigenvalue weighted by Crippen LogP contribution is -2.35. The molecule has 5 aromatic rings. The third-order valence-corrected chi connectivity index (χ3v) is 9.25. The molecular formula is C26H15O3P. The minimum atomic E-state index is -3.21. The Morgan fingerprint density at radius 3 is 1.97 bits per heavy atom.